The lowest BCUT2D eigenvalue weighted by Gasteiger charge is -2.25. The molecule has 0 radical (unpaired) electrons. The molecule has 20 heteroatoms. The zero-order chi connectivity index (χ0) is 40.4. The summed E-state index contributed by atoms with van der Waals surface area (Å²) in [5, 5.41) is 0. The molecule has 1 amide bonds. The van der Waals surface area contributed by atoms with Crippen molar-refractivity contribution in [3.05, 3.63) is 129 Å². The maximum atomic E-state index is 14.2. The SMILES string of the molecule is C.CNS(=O)(=O)C[C@](C)(N)c1cc(Br)ccc1F.CNS(=O)(=O)C[C@](C)(N)c1cc(CC(=O)c2ccc(F)cn2)ccc1F.NC(=O)c1ccc(F)cn1. The predicted molar refractivity (Wildman–Crippen MR) is 201 cm³/mol. The van der Waals surface area contributed by atoms with E-state index in [4.69, 9.17) is 17.2 Å². The number of sulfonamides is 2. The Bertz CT molecular complexity index is 2130. The number of carbonyl (C=O) groups excluding carboxylic acids is 2. The zero-order valence-electron chi connectivity index (χ0n) is 28.8. The van der Waals surface area contributed by atoms with Gasteiger partial charge in [0.15, 0.2) is 5.78 Å². The van der Waals surface area contributed by atoms with Gasteiger partial charge in [-0.25, -0.2) is 48.8 Å². The van der Waals surface area contributed by atoms with Gasteiger partial charge in [-0.15, -0.1) is 0 Å². The third-order valence-corrected chi connectivity index (χ3v) is 10.8. The van der Waals surface area contributed by atoms with E-state index in [0.717, 1.165) is 30.6 Å². The van der Waals surface area contributed by atoms with Crippen molar-refractivity contribution in [1.82, 2.24) is 19.4 Å². The quantitative estimate of drug-likeness (QED) is 0.102. The number of ketones is 1. The van der Waals surface area contributed by atoms with Crippen LogP contribution in [-0.2, 0) is 37.5 Å². The molecule has 2 heterocycles. The molecule has 8 N–H and O–H groups in total. The predicted octanol–water partition coefficient (Wildman–Crippen LogP) is 3.78. The molecule has 54 heavy (non-hydrogen) atoms. The van der Waals surface area contributed by atoms with Crippen molar-refractivity contribution in [2.75, 3.05) is 25.6 Å². The molecule has 296 valence electrons. The molecule has 4 aromatic rings. The highest BCUT2D eigenvalue weighted by Crippen LogP contribution is 2.26. The van der Waals surface area contributed by atoms with Gasteiger partial charge in [0.1, 0.15) is 34.7 Å². The van der Waals surface area contributed by atoms with Gasteiger partial charge in [-0.3, -0.25) is 14.6 Å². The first kappa shape index (κ1) is 47.8. The van der Waals surface area contributed by atoms with Gasteiger partial charge >= 0.3 is 0 Å². The van der Waals surface area contributed by atoms with Gasteiger partial charge in [0.2, 0.25) is 20.0 Å². The van der Waals surface area contributed by atoms with Gasteiger partial charge in [-0.2, -0.15) is 0 Å². The molecule has 2 atom stereocenters. The smallest absolute Gasteiger partial charge is 0.267 e. The lowest BCUT2D eigenvalue weighted by molar-refractivity contribution is 0.0982. The fraction of sp³-hybridized carbons (Fsp3) is 0.294. The van der Waals surface area contributed by atoms with E-state index < -0.39 is 66.1 Å². The Kier molecular flexibility index (Phi) is 17.7. The van der Waals surface area contributed by atoms with Crippen LogP contribution in [0.3, 0.4) is 0 Å². The highest BCUT2D eigenvalue weighted by molar-refractivity contribution is 9.10. The summed E-state index contributed by atoms with van der Waals surface area (Å²) >= 11 is 3.20. The third-order valence-electron chi connectivity index (χ3n) is 7.15. The number of Topliss-reactive ketones (excluding diaryl/α,β-unsaturated/α-hetero) is 1. The molecule has 0 unspecified atom stereocenters. The second kappa shape index (κ2) is 19.9. The summed E-state index contributed by atoms with van der Waals surface area (Å²) in [6.45, 7) is 2.88. The van der Waals surface area contributed by atoms with Gasteiger partial charge in [-0.05, 0) is 82.0 Å². The molecule has 2 aromatic heterocycles. The molecule has 0 aliphatic carbocycles. The third kappa shape index (κ3) is 14.9. The number of rotatable bonds is 12. The summed E-state index contributed by atoms with van der Waals surface area (Å²) in [5.41, 5.74) is 14.7. The monoisotopic (exact) mass is 863 g/mol. The van der Waals surface area contributed by atoms with E-state index >= 15 is 0 Å². The van der Waals surface area contributed by atoms with E-state index in [9.17, 15) is 44.0 Å². The lowest BCUT2D eigenvalue weighted by Crippen LogP contribution is -2.44. The summed E-state index contributed by atoms with van der Waals surface area (Å²) in [7, 11) is -4.65. The van der Waals surface area contributed by atoms with Crippen LogP contribution in [0.4, 0.5) is 17.6 Å². The normalized spacial score (nSPS) is 13.4. The second-order valence-electron chi connectivity index (χ2n) is 11.9. The minimum Gasteiger partial charge on any atom is -0.364 e. The van der Waals surface area contributed by atoms with Crippen molar-refractivity contribution in [2.24, 2.45) is 17.2 Å². The fourth-order valence-corrected chi connectivity index (χ4v) is 7.02. The minimum atomic E-state index is -3.68. The number of hydrogen-bond acceptors (Lipinski definition) is 10. The number of hydrogen-bond donors (Lipinski definition) is 5. The standard InChI is InChI=1S/C17H19F2N3O3S.C10H14BrFN2O2S.C6H5FN2O.CH4/c1-17(20,10-26(24,25)21-2)13-7-11(3-5-14(13)19)8-16(23)15-6-4-12(18)9-22-15;1-10(13,6-17(15,16)14-2)8-5-7(11)3-4-9(8)12;7-4-1-2-5(6(8)10)9-3-4;/h3-7,9,21H,8,10,20H2,1-2H3;3-5,14H,6,13H2,1-2H3;1-3H,(H2,8,10);1H4/t17-;10-;;/m00../s1. The molecule has 2 aromatic carbocycles. The van der Waals surface area contributed by atoms with Crippen molar-refractivity contribution >= 4 is 47.7 Å². The van der Waals surface area contributed by atoms with Gasteiger partial charge in [0.25, 0.3) is 5.91 Å². The van der Waals surface area contributed by atoms with Gasteiger partial charge in [0, 0.05) is 22.0 Å². The zero-order valence-corrected chi connectivity index (χ0v) is 32.1. The van der Waals surface area contributed by atoms with E-state index in [0.29, 0.717) is 10.0 Å². The minimum absolute atomic E-state index is 0. The second-order valence-corrected chi connectivity index (χ2v) is 16.7. The van der Waals surface area contributed by atoms with Crippen molar-refractivity contribution in [3.8, 4) is 0 Å². The van der Waals surface area contributed by atoms with E-state index in [-0.39, 0.29) is 47.9 Å². The molecule has 0 bridgehead atoms. The summed E-state index contributed by atoms with van der Waals surface area (Å²) in [5.74, 6) is -4.18. The van der Waals surface area contributed by atoms with E-state index in [1.54, 1.807) is 0 Å². The van der Waals surface area contributed by atoms with Crippen LogP contribution in [0.1, 0.15) is 58.9 Å². The van der Waals surface area contributed by atoms with E-state index in [1.807, 2.05) is 0 Å². The van der Waals surface area contributed by atoms with Crippen molar-refractivity contribution in [3.63, 3.8) is 0 Å². The molecular formula is C34H42BrF4N7O6S2. The van der Waals surface area contributed by atoms with E-state index in [1.165, 1.54) is 70.4 Å². The largest absolute Gasteiger partial charge is 0.364 e. The van der Waals surface area contributed by atoms with Crippen LogP contribution in [-0.4, -0.2) is 64.1 Å². The van der Waals surface area contributed by atoms with Crippen molar-refractivity contribution in [1.29, 1.82) is 0 Å². The van der Waals surface area contributed by atoms with Crippen LogP contribution < -0.4 is 26.6 Å². The highest BCUT2D eigenvalue weighted by atomic mass is 79.9. The van der Waals surface area contributed by atoms with Crippen LogP contribution in [0.25, 0.3) is 0 Å². The number of pyridine rings is 2. The molecule has 4 rings (SSSR count). The van der Waals surface area contributed by atoms with Crippen LogP contribution >= 0.6 is 15.9 Å². The molecule has 0 saturated carbocycles. The van der Waals surface area contributed by atoms with Gasteiger partial charge < -0.3 is 17.2 Å². The highest BCUT2D eigenvalue weighted by Gasteiger charge is 2.32. The van der Waals surface area contributed by atoms with Crippen molar-refractivity contribution < 1.29 is 44.0 Å². The fourth-order valence-electron chi connectivity index (χ4n) is 4.48. The maximum absolute atomic E-state index is 14.2. The number of primary amides is 1. The number of nitrogens with zero attached hydrogens (tertiary/aromatic N) is 2. The van der Waals surface area contributed by atoms with Crippen LogP contribution in [0, 0.1) is 23.3 Å². The average molecular weight is 865 g/mol. The van der Waals surface area contributed by atoms with E-state index in [2.05, 4.69) is 35.3 Å². The van der Waals surface area contributed by atoms with Gasteiger partial charge in [-0.1, -0.05) is 35.5 Å². The van der Waals surface area contributed by atoms with Crippen LogP contribution in [0.5, 0.6) is 0 Å². The Morgan fingerprint density at radius 2 is 1.15 bits per heavy atom. The Balaban J connectivity index is 0.000000446. The number of nitrogens with one attached hydrogen (secondary N) is 2. The molecule has 0 fully saturated rings. The lowest BCUT2D eigenvalue weighted by atomic mass is 9.92. The summed E-state index contributed by atoms with van der Waals surface area (Å²) in [4.78, 5) is 29.7. The maximum Gasteiger partial charge on any atom is 0.267 e. The first-order chi connectivity index (χ1) is 24.4. The molecule has 0 spiro atoms. The number of carbonyl (C=O) groups is 2. The molecule has 13 nitrogen and oxygen atoms in total. The number of benzene rings is 2. The van der Waals surface area contributed by atoms with Crippen molar-refractivity contribution in [2.45, 2.75) is 38.8 Å². The number of amides is 1. The Morgan fingerprint density at radius 1 is 0.722 bits per heavy atom. The Hall–Kier alpha value is -4.18. The number of nitrogens with two attached hydrogens (primary N) is 3. The Morgan fingerprint density at radius 3 is 1.56 bits per heavy atom. The Labute approximate surface area is 320 Å². The molecule has 0 aliphatic rings. The van der Waals surface area contributed by atoms with Crippen LogP contribution in [0.2, 0.25) is 0 Å². The summed E-state index contributed by atoms with van der Waals surface area (Å²) in [6.07, 6.45) is 1.77. The summed E-state index contributed by atoms with van der Waals surface area (Å²) in [6, 6.07) is 12.9. The molecule has 0 aliphatic heterocycles. The number of aromatic nitrogens is 2. The first-order valence-corrected chi connectivity index (χ1v) is 19.2. The van der Waals surface area contributed by atoms with Gasteiger partial charge in [0.05, 0.1) is 35.0 Å². The molecule has 0 saturated heterocycles. The topological polar surface area (TPSA) is 230 Å². The first-order valence-electron chi connectivity index (χ1n) is 15.1. The number of halogens is 5. The van der Waals surface area contributed by atoms with Crippen LogP contribution in [0.15, 0.2) is 77.5 Å². The summed E-state index contributed by atoms with van der Waals surface area (Å²) < 4.78 is 104. The average Bonchev–Trinajstić information content (AvgIpc) is 3.07. The molecular weight excluding hydrogens is 822 g/mol.